The van der Waals surface area contributed by atoms with Crippen molar-refractivity contribution in [3.05, 3.63) is 29.3 Å². The third-order valence-electron chi connectivity index (χ3n) is 2.04. The molecule has 68 valence electrons. The Labute approximate surface area is 76.7 Å². The molecule has 0 amide bonds. The predicted molar refractivity (Wildman–Crippen MR) is 50.2 cm³/mol. The van der Waals surface area contributed by atoms with E-state index in [9.17, 15) is 5.11 Å². The monoisotopic (exact) mass is 177 g/mol. The molecule has 0 fully saturated rings. The number of nitrogens with zero attached hydrogens (tertiary/aromatic N) is 1. The average molecular weight is 177 g/mol. The molecule has 3 heteroatoms. The summed E-state index contributed by atoms with van der Waals surface area (Å²) in [5.41, 5.74) is 1.95. The van der Waals surface area contributed by atoms with Gasteiger partial charge in [-0.3, -0.25) is 0 Å². The normalized spacial score (nSPS) is 15.3. The summed E-state index contributed by atoms with van der Waals surface area (Å²) in [4.78, 5) is 4.19. The molecule has 0 saturated heterocycles. The van der Waals surface area contributed by atoms with Gasteiger partial charge in [0.05, 0.1) is 6.54 Å². The molecule has 0 spiro atoms. The Bertz CT molecular complexity index is 358. The van der Waals surface area contributed by atoms with Crippen molar-refractivity contribution in [2.75, 3.05) is 13.2 Å². The lowest BCUT2D eigenvalue weighted by molar-refractivity contribution is 0.348. The Morgan fingerprint density at radius 1 is 1.46 bits per heavy atom. The van der Waals surface area contributed by atoms with E-state index in [1.165, 1.54) is 0 Å². The smallest absolute Gasteiger partial charge is 0.216 e. The van der Waals surface area contributed by atoms with Crippen LogP contribution in [0.5, 0.6) is 5.75 Å². The lowest BCUT2D eigenvalue weighted by Crippen LogP contribution is -2.02. The zero-order valence-electron chi connectivity index (χ0n) is 7.45. The van der Waals surface area contributed by atoms with Gasteiger partial charge in [0.15, 0.2) is 0 Å². The minimum absolute atomic E-state index is 0.249. The number of benzene rings is 1. The van der Waals surface area contributed by atoms with Gasteiger partial charge in [-0.2, -0.15) is 0 Å². The average Bonchev–Trinajstić information content (AvgIpc) is 2.61. The number of hydrogen-bond donors (Lipinski definition) is 1. The molecule has 1 N–H and O–H groups in total. The van der Waals surface area contributed by atoms with Crippen LogP contribution in [0.1, 0.15) is 11.1 Å². The molecule has 1 aromatic rings. The highest BCUT2D eigenvalue weighted by Gasteiger charge is 2.12. The zero-order chi connectivity index (χ0) is 9.26. The van der Waals surface area contributed by atoms with Gasteiger partial charge in [-0.1, -0.05) is 6.07 Å². The number of aromatic hydroxyl groups is 1. The van der Waals surface area contributed by atoms with E-state index in [-0.39, 0.29) is 5.75 Å². The second-order valence-corrected chi connectivity index (χ2v) is 3.03. The summed E-state index contributed by atoms with van der Waals surface area (Å²) in [6.45, 7) is 3.33. The summed E-state index contributed by atoms with van der Waals surface area (Å²) in [5, 5.41) is 9.29. The summed E-state index contributed by atoms with van der Waals surface area (Å²) in [6, 6.07) is 5.20. The summed E-state index contributed by atoms with van der Waals surface area (Å²) in [5.74, 6) is 0.896. The van der Waals surface area contributed by atoms with Crippen LogP contribution in [0.25, 0.3) is 0 Å². The van der Waals surface area contributed by atoms with Crippen molar-refractivity contribution >= 4 is 5.90 Å². The molecule has 1 aliphatic heterocycles. The van der Waals surface area contributed by atoms with Gasteiger partial charge in [0.2, 0.25) is 5.90 Å². The third-order valence-corrected chi connectivity index (χ3v) is 2.04. The number of rotatable bonds is 1. The number of ether oxygens (including phenoxy) is 1. The Hall–Kier alpha value is -1.51. The molecule has 13 heavy (non-hydrogen) atoms. The fraction of sp³-hybridized carbons (Fsp3) is 0.300. The van der Waals surface area contributed by atoms with Gasteiger partial charge in [-0.15, -0.1) is 0 Å². The van der Waals surface area contributed by atoms with E-state index in [2.05, 4.69) is 4.99 Å². The summed E-state index contributed by atoms with van der Waals surface area (Å²) < 4.78 is 5.31. The van der Waals surface area contributed by atoms with Crippen LogP contribution in [0.4, 0.5) is 0 Å². The summed E-state index contributed by atoms with van der Waals surface area (Å²) in [6.07, 6.45) is 0. The fourth-order valence-corrected chi connectivity index (χ4v) is 1.34. The molecule has 1 aromatic carbocycles. The standard InChI is InChI=1S/C10H11NO2/c1-7-2-3-8(12)6-9(7)10-11-4-5-13-10/h2-3,6,12H,4-5H2,1H3. The fourth-order valence-electron chi connectivity index (χ4n) is 1.34. The molecule has 3 nitrogen and oxygen atoms in total. The van der Waals surface area contributed by atoms with Crippen molar-refractivity contribution in [2.45, 2.75) is 6.92 Å². The zero-order valence-corrected chi connectivity index (χ0v) is 7.45. The molecule has 1 aliphatic rings. The maximum absolute atomic E-state index is 9.29. The lowest BCUT2D eigenvalue weighted by Gasteiger charge is -2.05. The van der Waals surface area contributed by atoms with Crippen LogP contribution in [0.15, 0.2) is 23.2 Å². The van der Waals surface area contributed by atoms with E-state index >= 15 is 0 Å². The van der Waals surface area contributed by atoms with Gasteiger partial charge < -0.3 is 9.84 Å². The first-order valence-electron chi connectivity index (χ1n) is 4.24. The largest absolute Gasteiger partial charge is 0.508 e. The van der Waals surface area contributed by atoms with E-state index in [4.69, 9.17) is 4.74 Å². The Morgan fingerprint density at radius 3 is 3.00 bits per heavy atom. The molecule has 1 heterocycles. The first kappa shape index (κ1) is 8.10. The van der Waals surface area contributed by atoms with Crippen LogP contribution < -0.4 is 0 Å². The Balaban J connectivity index is 2.43. The van der Waals surface area contributed by atoms with Crippen molar-refractivity contribution < 1.29 is 9.84 Å². The summed E-state index contributed by atoms with van der Waals surface area (Å²) in [7, 11) is 0. The predicted octanol–water partition coefficient (Wildman–Crippen LogP) is 1.48. The van der Waals surface area contributed by atoms with Gasteiger partial charge in [-0.25, -0.2) is 4.99 Å². The minimum atomic E-state index is 0.249. The van der Waals surface area contributed by atoms with Crippen molar-refractivity contribution in [1.82, 2.24) is 0 Å². The molecular weight excluding hydrogens is 166 g/mol. The highest BCUT2D eigenvalue weighted by atomic mass is 16.5. The van der Waals surface area contributed by atoms with Crippen molar-refractivity contribution in [1.29, 1.82) is 0 Å². The van der Waals surface area contributed by atoms with Gasteiger partial charge in [0, 0.05) is 5.56 Å². The van der Waals surface area contributed by atoms with Crippen LogP contribution >= 0.6 is 0 Å². The van der Waals surface area contributed by atoms with Crippen LogP contribution in [-0.4, -0.2) is 24.2 Å². The first-order valence-corrected chi connectivity index (χ1v) is 4.24. The number of phenolic OH excluding ortho intramolecular Hbond substituents is 1. The Morgan fingerprint density at radius 2 is 2.31 bits per heavy atom. The van der Waals surface area contributed by atoms with E-state index in [0.717, 1.165) is 11.1 Å². The second kappa shape index (κ2) is 3.09. The van der Waals surface area contributed by atoms with E-state index in [1.54, 1.807) is 12.1 Å². The number of aliphatic imine (C=N–C) groups is 1. The quantitative estimate of drug-likeness (QED) is 0.705. The molecule has 0 unspecified atom stereocenters. The lowest BCUT2D eigenvalue weighted by atomic mass is 10.1. The maximum atomic E-state index is 9.29. The van der Waals surface area contributed by atoms with E-state index in [1.807, 2.05) is 13.0 Å². The SMILES string of the molecule is Cc1ccc(O)cc1C1=NCCO1. The van der Waals surface area contributed by atoms with Crippen molar-refractivity contribution in [3.63, 3.8) is 0 Å². The molecule has 0 saturated carbocycles. The van der Waals surface area contributed by atoms with E-state index < -0.39 is 0 Å². The number of phenols is 1. The maximum Gasteiger partial charge on any atom is 0.216 e. The van der Waals surface area contributed by atoms with Crippen molar-refractivity contribution in [3.8, 4) is 5.75 Å². The van der Waals surface area contributed by atoms with Gasteiger partial charge in [0.25, 0.3) is 0 Å². The third kappa shape index (κ3) is 1.49. The second-order valence-electron chi connectivity index (χ2n) is 3.03. The highest BCUT2D eigenvalue weighted by Crippen LogP contribution is 2.18. The Kier molecular flexibility index (Phi) is 1.93. The van der Waals surface area contributed by atoms with Gasteiger partial charge in [0.1, 0.15) is 12.4 Å². The van der Waals surface area contributed by atoms with Crippen molar-refractivity contribution in [2.24, 2.45) is 4.99 Å². The van der Waals surface area contributed by atoms with Gasteiger partial charge >= 0.3 is 0 Å². The molecule has 2 rings (SSSR count). The van der Waals surface area contributed by atoms with Crippen LogP contribution in [0, 0.1) is 6.92 Å². The highest BCUT2D eigenvalue weighted by molar-refractivity contribution is 5.96. The number of hydrogen-bond acceptors (Lipinski definition) is 3. The minimum Gasteiger partial charge on any atom is -0.508 e. The van der Waals surface area contributed by atoms with Crippen LogP contribution in [0.2, 0.25) is 0 Å². The summed E-state index contributed by atoms with van der Waals surface area (Å²) >= 11 is 0. The molecular formula is C10H11NO2. The van der Waals surface area contributed by atoms with Gasteiger partial charge in [-0.05, 0) is 24.6 Å². The van der Waals surface area contributed by atoms with E-state index in [0.29, 0.717) is 19.0 Å². The molecule has 0 aliphatic carbocycles. The molecule has 0 aromatic heterocycles. The first-order chi connectivity index (χ1) is 6.27. The topological polar surface area (TPSA) is 41.8 Å². The molecule has 0 radical (unpaired) electrons. The molecule has 0 bridgehead atoms. The number of aryl methyl sites for hydroxylation is 1. The van der Waals surface area contributed by atoms with Crippen LogP contribution in [0.3, 0.4) is 0 Å². The van der Waals surface area contributed by atoms with Crippen LogP contribution in [-0.2, 0) is 4.74 Å². The molecule has 0 atom stereocenters.